The molecule has 0 saturated heterocycles. The molecule has 0 aliphatic carbocycles. The van der Waals surface area contributed by atoms with Gasteiger partial charge in [0.25, 0.3) is 0 Å². The van der Waals surface area contributed by atoms with Crippen LogP contribution in [0.1, 0.15) is 62.3 Å². The smallest absolute Gasteiger partial charge is 0.212 e. The van der Waals surface area contributed by atoms with Gasteiger partial charge in [0.1, 0.15) is 0 Å². The van der Waals surface area contributed by atoms with Crippen LogP contribution < -0.4 is 0 Å². The van der Waals surface area contributed by atoms with Gasteiger partial charge < -0.3 is 5.11 Å². The molecule has 1 N–H and O–H groups in total. The fourth-order valence-corrected chi connectivity index (χ4v) is 4.01. The minimum atomic E-state index is -3.35. The zero-order valence-electron chi connectivity index (χ0n) is 13.7. The third-order valence-corrected chi connectivity index (χ3v) is 5.23. The number of nitrogens with zero attached hydrogens (tertiary/aromatic N) is 1. The molecule has 0 aromatic rings. The van der Waals surface area contributed by atoms with Crippen molar-refractivity contribution in [3.05, 3.63) is 0 Å². The summed E-state index contributed by atoms with van der Waals surface area (Å²) in [6, 6.07) is -0.371. The Morgan fingerprint density at radius 1 is 1.10 bits per heavy atom. The molecule has 2 atom stereocenters. The Bertz CT molecular complexity index is 377. The molecule has 0 rings (SSSR count). The molecule has 4 nitrogen and oxygen atoms in total. The van der Waals surface area contributed by atoms with E-state index in [-0.39, 0.29) is 25.5 Å². The topological polar surface area (TPSA) is 57.6 Å². The molecule has 0 amide bonds. The largest absolute Gasteiger partial charge is 0.395 e. The summed E-state index contributed by atoms with van der Waals surface area (Å²) in [5.41, 5.74) is -0.437. The second-order valence-corrected chi connectivity index (χ2v) is 9.43. The van der Waals surface area contributed by atoms with E-state index in [1.165, 1.54) is 10.6 Å². The molecular formula is C15H35NO3S. The maximum absolute atomic E-state index is 12.0. The van der Waals surface area contributed by atoms with Gasteiger partial charge in [-0.15, -0.1) is 0 Å². The van der Waals surface area contributed by atoms with Gasteiger partial charge in [0.2, 0.25) is 10.0 Å². The SMILES string of the molecule is C.CC(CC(CO)N(C(C)(C)C)S(C)(=O)=O)C(C)(C)C. The Morgan fingerprint density at radius 3 is 1.70 bits per heavy atom. The van der Waals surface area contributed by atoms with E-state index in [4.69, 9.17) is 0 Å². The number of hydrogen-bond donors (Lipinski definition) is 1. The predicted molar refractivity (Wildman–Crippen MR) is 87.3 cm³/mol. The van der Waals surface area contributed by atoms with E-state index in [9.17, 15) is 13.5 Å². The summed E-state index contributed by atoms with van der Waals surface area (Å²) in [5.74, 6) is 0.316. The lowest BCUT2D eigenvalue weighted by Crippen LogP contribution is -2.53. The van der Waals surface area contributed by atoms with Crippen LogP contribution in [-0.4, -0.2) is 42.3 Å². The quantitative estimate of drug-likeness (QED) is 0.849. The summed E-state index contributed by atoms with van der Waals surface area (Å²) in [6.45, 7) is 13.9. The minimum absolute atomic E-state index is 0. The summed E-state index contributed by atoms with van der Waals surface area (Å²) < 4.78 is 25.5. The summed E-state index contributed by atoms with van der Waals surface area (Å²) in [4.78, 5) is 0. The van der Waals surface area contributed by atoms with Crippen LogP contribution >= 0.6 is 0 Å². The van der Waals surface area contributed by atoms with E-state index < -0.39 is 15.6 Å². The highest BCUT2D eigenvalue weighted by molar-refractivity contribution is 7.88. The van der Waals surface area contributed by atoms with Crippen LogP contribution in [0, 0.1) is 11.3 Å². The van der Waals surface area contributed by atoms with Crippen molar-refractivity contribution in [3.63, 3.8) is 0 Å². The van der Waals surface area contributed by atoms with Gasteiger partial charge in [0.05, 0.1) is 12.9 Å². The molecule has 2 unspecified atom stereocenters. The first-order chi connectivity index (χ1) is 8.21. The monoisotopic (exact) mass is 309 g/mol. The average Bonchev–Trinajstić information content (AvgIpc) is 2.10. The number of sulfonamides is 1. The molecule has 0 radical (unpaired) electrons. The molecule has 20 heavy (non-hydrogen) atoms. The van der Waals surface area contributed by atoms with Crippen molar-refractivity contribution in [2.75, 3.05) is 12.9 Å². The summed E-state index contributed by atoms with van der Waals surface area (Å²) in [7, 11) is -3.35. The third kappa shape index (κ3) is 6.55. The molecule has 0 aliphatic heterocycles. The van der Waals surface area contributed by atoms with Gasteiger partial charge in [-0.1, -0.05) is 35.1 Å². The lowest BCUT2D eigenvalue weighted by Gasteiger charge is -2.41. The third-order valence-electron chi connectivity index (χ3n) is 3.66. The minimum Gasteiger partial charge on any atom is -0.395 e. The van der Waals surface area contributed by atoms with E-state index in [0.29, 0.717) is 12.3 Å². The Balaban J connectivity index is 0. The van der Waals surface area contributed by atoms with Crippen LogP contribution in [0.5, 0.6) is 0 Å². The van der Waals surface area contributed by atoms with Crippen molar-refractivity contribution in [3.8, 4) is 0 Å². The highest BCUT2D eigenvalue weighted by atomic mass is 32.2. The van der Waals surface area contributed by atoms with Crippen LogP contribution in [0.4, 0.5) is 0 Å². The average molecular weight is 310 g/mol. The van der Waals surface area contributed by atoms with Crippen LogP contribution in [0.15, 0.2) is 0 Å². The first-order valence-electron chi connectivity index (χ1n) is 6.81. The Kier molecular flexibility index (Phi) is 8.01. The number of aliphatic hydroxyl groups is 1. The molecule has 0 heterocycles. The maximum atomic E-state index is 12.0. The number of aliphatic hydroxyl groups excluding tert-OH is 1. The molecule has 0 spiro atoms. The fraction of sp³-hybridized carbons (Fsp3) is 1.00. The van der Waals surface area contributed by atoms with Crippen molar-refractivity contribution in [2.45, 2.75) is 73.9 Å². The Hall–Kier alpha value is -0.130. The van der Waals surface area contributed by atoms with Gasteiger partial charge >= 0.3 is 0 Å². The predicted octanol–water partition coefficient (Wildman–Crippen LogP) is 3.12. The molecule has 0 aliphatic rings. The number of hydrogen-bond acceptors (Lipinski definition) is 3. The van der Waals surface area contributed by atoms with Gasteiger partial charge in [0, 0.05) is 11.6 Å². The van der Waals surface area contributed by atoms with Crippen LogP contribution in [0.2, 0.25) is 0 Å². The summed E-state index contributed by atoms with van der Waals surface area (Å²) in [5, 5.41) is 9.63. The molecule has 0 saturated carbocycles. The second kappa shape index (κ2) is 7.23. The molecule has 5 heteroatoms. The zero-order chi connectivity index (χ0) is 15.6. The van der Waals surface area contributed by atoms with Crippen molar-refractivity contribution >= 4 is 10.0 Å². The van der Waals surface area contributed by atoms with Crippen LogP contribution in [0.25, 0.3) is 0 Å². The summed E-state index contributed by atoms with van der Waals surface area (Å²) >= 11 is 0. The first kappa shape index (κ1) is 22.2. The van der Waals surface area contributed by atoms with Gasteiger partial charge in [0.15, 0.2) is 0 Å². The first-order valence-corrected chi connectivity index (χ1v) is 8.66. The van der Waals surface area contributed by atoms with E-state index in [1.54, 1.807) is 0 Å². The molecular weight excluding hydrogens is 274 g/mol. The molecule has 0 aromatic heterocycles. The van der Waals surface area contributed by atoms with Crippen molar-refractivity contribution < 1.29 is 13.5 Å². The summed E-state index contributed by atoms with van der Waals surface area (Å²) in [6.07, 6.45) is 1.87. The van der Waals surface area contributed by atoms with E-state index in [1.807, 2.05) is 20.8 Å². The van der Waals surface area contributed by atoms with Gasteiger partial charge in [-0.05, 0) is 38.5 Å². The Morgan fingerprint density at radius 2 is 1.50 bits per heavy atom. The van der Waals surface area contributed by atoms with Crippen molar-refractivity contribution in [2.24, 2.45) is 11.3 Å². The Labute approximate surface area is 126 Å². The van der Waals surface area contributed by atoms with Crippen LogP contribution in [0.3, 0.4) is 0 Å². The molecule has 124 valence electrons. The standard InChI is InChI=1S/C14H31NO3S.CH4/c1-11(13(2,3)4)9-12(10-16)15(14(5,6)7)19(8,17)18;/h11-12,16H,9-10H2,1-8H3;1H4. The van der Waals surface area contributed by atoms with Gasteiger partial charge in [-0.25, -0.2) is 8.42 Å². The fourth-order valence-electron chi connectivity index (χ4n) is 2.32. The molecule has 0 bridgehead atoms. The van der Waals surface area contributed by atoms with E-state index in [2.05, 4.69) is 27.7 Å². The highest BCUT2D eigenvalue weighted by Crippen LogP contribution is 2.32. The molecule has 0 aromatic carbocycles. The zero-order valence-corrected chi connectivity index (χ0v) is 14.5. The van der Waals surface area contributed by atoms with Crippen molar-refractivity contribution in [1.82, 2.24) is 4.31 Å². The van der Waals surface area contributed by atoms with E-state index in [0.717, 1.165) is 0 Å². The number of rotatable bonds is 5. The second-order valence-electron chi connectivity index (χ2n) is 7.57. The van der Waals surface area contributed by atoms with Crippen LogP contribution in [-0.2, 0) is 10.0 Å². The lowest BCUT2D eigenvalue weighted by atomic mass is 9.78. The van der Waals surface area contributed by atoms with Crippen molar-refractivity contribution in [1.29, 1.82) is 0 Å². The normalized spacial score (nSPS) is 16.7. The van der Waals surface area contributed by atoms with Gasteiger partial charge in [-0.3, -0.25) is 0 Å². The lowest BCUT2D eigenvalue weighted by molar-refractivity contribution is 0.0907. The molecule has 0 fully saturated rings. The van der Waals surface area contributed by atoms with E-state index >= 15 is 0 Å². The van der Waals surface area contributed by atoms with Gasteiger partial charge in [-0.2, -0.15) is 4.31 Å². The maximum Gasteiger partial charge on any atom is 0.212 e. The highest BCUT2D eigenvalue weighted by Gasteiger charge is 2.37.